The zero-order chi connectivity index (χ0) is 13.0. The van der Waals surface area contributed by atoms with Crippen molar-refractivity contribution >= 4 is 17.5 Å². The molecule has 0 spiro atoms. The third-order valence-corrected chi connectivity index (χ3v) is 2.63. The number of amides is 2. The zero-order valence-electron chi connectivity index (χ0n) is 10.2. The highest BCUT2D eigenvalue weighted by atomic mass is 16.2. The molecule has 96 valence electrons. The summed E-state index contributed by atoms with van der Waals surface area (Å²) >= 11 is 0. The van der Waals surface area contributed by atoms with Crippen LogP contribution >= 0.6 is 0 Å². The van der Waals surface area contributed by atoms with Crippen molar-refractivity contribution in [2.24, 2.45) is 0 Å². The minimum atomic E-state index is -0.349. The molecule has 6 heteroatoms. The van der Waals surface area contributed by atoms with Crippen molar-refractivity contribution in [3.8, 4) is 0 Å². The molecule has 0 radical (unpaired) electrons. The molecule has 1 aromatic heterocycles. The minimum Gasteiger partial charge on any atom is -0.388 e. The summed E-state index contributed by atoms with van der Waals surface area (Å²) in [6, 6.07) is 3.70. The standard InChI is InChI=1S/C12H16N4O2/c1-13-9-4-5-14-10(6-9)12(18)15-7-11(17)16-8-2-3-8/h4-6,8H,2-3,7H2,1H3,(H,13,14)(H,15,18)(H,16,17). The van der Waals surface area contributed by atoms with E-state index in [1.165, 1.54) is 0 Å². The maximum Gasteiger partial charge on any atom is 0.270 e. The number of nitrogens with zero attached hydrogens (tertiary/aromatic N) is 1. The Morgan fingerprint density at radius 3 is 2.89 bits per heavy atom. The van der Waals surface area contributed by atoms with Crippen LogP contribution in [0, 0.1) is 0 Å². The number of carbonyl (C=O) groups excluding carboxylic acids is 2. The Kier molecular flexibility index (Phi) is 3.76. The average molecular weight is 248 g/mol. The van der Waals surface area contributed by atoms with Crippen LogP contribution in [0.5, 0.6) is 0 Å². The van der Waals surface area contributed by atoms with E-state index in [0.717, 1.165) is 18.5 Å². The van der Waals surface area contributed by atoms with Gasteiger partial charge in [0.2, 0.25) is 5.91 Å². The zero-order valence-corrected chi connectivity index (χ0v) is 10.2. The molecule has 2 amide bonds. The van der Waals surface area contributed by atoms with Crippen LogP contribution in [-0.4, -0.2) is 36.4 Å². The van der Waals surface area contributed by atoms with Gasteiger partial charge in [-0.15, -0.1) is 0 Å². The van der Waals surface area contributed by atoms with Gasteiger partial charge in [-0.05, 0) is 25.0 Å². The predicted molar refractivity (Wildman–Crippen MR) is 67.3 cm³/mol. The van der Waals surface area contributed by atoms with Gasteiger partial charge in [0.1, 0.15) is 5.69 Å². The predicted octanol–water partition coefficient (Wildman–Crippen LogP) is 0.132. The van der Waals surface area contributed by atoms with Gasteiger partial charge in [0.15, 0.2) is 0 Å². The third-order valence-electron chi connectivity index (χ3n) is 2.63. The number of nitrogens with one attached hydrogen (secondary N) is 3. The average Bonchev–Trinajstić information content (AvgIpc) is 3.20. The van der Waals surface area contributed by atoms with Crippen LogP contribution in [0.3, 0.4) is 0 Å². The van der Waals surface area contributed by atoms with Crippen molar-refractivity contribution in [3.05, 3.63) is 24.0 Å². The number of hydrogen-bond acceptors (Lipinski definition) is 4. The number of carbonyl (C=O) groups is 2. The van der Waals surface area contributed by atoms with Crippen molar-refractivity contribution in [2.45, 2.75) is 18.9 Å². The van der Waals surface area contributed by atoms with Crippen LogP contribution in [0.4, 0.5) is 5.69 Å². The van der Waals surface area contributed by atoms with Crippen molar-refractivity contribution in [1.82, 2.24) is 15.6 Å². The maximum absolute atomic E-state index is 11.7. The van der Waals surface area contributed by atoms with Gasteiger partial charge in [-0.2, -0.15) is 0 Å². The summed E-state index contributed by atoms with van der Waals surface area (Å²) in [5.41, 5.74) is 1.10. The number of aromatic nitrogens is 1. The molecule has 3 N–H and O–H groups in total. The van der Waals surface area contributed by atoms with E-state index < -0.39 is 0 Å². The lowest BCUT2D eigenvalue weighted by molar-refractivity contribution is -0.120. The fraction of sp³-hybridized carbons (Fsp3) is 0.417. The summed E-state index contributed by atoms with van der Waals surface area (Å²) in [6.07, 6.45) is 3.61. The molecule has 0 unspecified atom stereocenters. The lowest BCUT2D eigenvalue weighted by Gasteiger charge is -2.06. The summed E-state index contributed by atoms with van der Waals surface area (Å²) in [5.74, 6) is -0.506. The van der Waals surface area contributed by atoms with Crippen LogP contribution in [0.2, 0.25) is 0 Å². The molecular formula is C12H16N4O2. The van der Waals surface area contributed by atoms with Gasteiger partial charge < -0.3 is 16.0 Å². The van der Waals surface area contributed by atoms with Gasteiger partial charge in [-0.25, -0.2) is 0 Å². The molecule has 0 aromatic carbocycles. The maximum atomic E-state index is 11.7. The third kappa shape index (κ3) is 3.44. The van der Waals surface area contributed by atoms with Crippen molar-refractivity contribution in [1.29, 1.82) is 0 Å². The summed E-state index contributed by atoms with van der Waals surface area (Å²) in [6.45, 7) is -0.0131. The Morgan fingerprint density at radius 2 is 2.22 bits per heavy atom. The Hall–Kier alpha value is -2.11. The molecule has 0 saturated heterocycles. The molecule has 1 fully saturated rings. The summed E-state index contributed by atoms with van der Waals surface area (Å²) < 4.78 is 0. The molecule has 1 aliphatic rings. The Morgan fingerprint density at radius 1 is 1.44 bits per heavy atom. The highest BCUT2D eigenvalue weighted by Crippen LogP contribution is 2.18. The normalized spacial score (nSPS) is 13.8. The highest BCUT2D eigenvalue weighted by molar-refractivity contribution is 5.95. The van der Waals surface area contributed by atoms with Gasteiger partial charge in [-0.3, -0.25) is 14.6 Å². The smallest absolute Gasteiger partial charge is 0.270 e. The molecule has 1 saturated carbocycles. The fourth-order valence-corrected chi connectivity index (χ4v) is 1.47. The van der Waals surface area contributed by atoms with E-state index >= 15 is 0 Å². The van der Waals surface area contributed by atoms with E-state index in [1.807, 2.05) is 0 Å². The molecule has 0 aliphatic heterocycles. The largest absolute Gasteiger partial charge is 0.388 e. The van der Waals surface area contributed by atoms with E-state index in [0.29, 0.717) is 11.7 Å². The first kappa shape index (κ1) is 12.3. The molecule has 0 atom stereocenters. The summed E-state index contributed by atoms with van der Waals surface area (Å²) in [4.78, 5) is 27.1. The highest BCUT2D eigenvalue weighted by Gasteiger charge is 2.23. The van der Waals surface area contributed by atoms with Crippen LogP contribution in [0.25, 0.3) is 0 Å². The van der Waals surface area contributed by atoms with Crippen LogP contribution < -0.4 is 16.0 Å². The van der Waals surface area contributed by atoms with Crippen LogP contribution in [-0.2, 0) is 4.79 Å². The summed E-state index contributed by atoms with van der Waals surface area (Å²) in [5, 5.41) is 8.26. The molecule has 2 rings (SSSR count). The van der Waals surface area contributed by atoms with Crippen molar-refractivity contribution in [2.75, 3.05) is 18.9 Å². The van der Waals surface area contributed by atoms with E-state index in [1.54, 1.807) is 25.4 Å². The first-order valence-electron chi connectivity index (χ1n) is 5.90. The van der Waals surface area contributed by atoms with Gasteiger partial charge in [0.25, 0.3) is 5.91 Å². The topological polar surface area (TPSA) is 83.1 Å². The number of anilines is 1. The lowest BCUT2D eigenvalue weighted by Crippen LogP contribution is -2.38. The quantitative estimate of drug-likeness (QED) is 0.691. The number of rotatable bonds is 5. The second kappa shape index (κ2) is 5.48. The number of hydrogen-bond donors (Lipinski definition) is 3. The Bertz CT molecular complexity index is 457. The second-order valence-corrected chi connectivity index (χ2v) is 4.20. The van der Waals surface area contributed by atoms with E-state index in [2.05, 4.69) is 20.9 Å². The van der Waals surface area contributed by atoms with Gasteiger partial charge in [0.05, 0.1) is 6.54 Å². The van der Waals surface area contributed by atoms with Crippen molar-refractivity contribution < 1.29 is 9.59 Å². The van der Waals surface area contributed by atoms with E-state index in [4.69, 9.17) is 0 Å². The molecular weight excluding hydrogens is 232 g/mol. The van der Waals surface area contributed by atoms with Crippen LogP contribution in [0.15, 0.2) is 18.3 Å². The fourth-order valence-electron chi connectivity index (χ4n) is 1.47. The van der Waals surface area contributed by atoms with E-state index in [9.17, 15) is 9.59 Å². The van der Waals surface area contributed by atoms with Gasteiger partial charge in [-0.1, -0.05) is 0 Å². The van der Waals surface area contributed by atoms with Crippen molar-refractivity contribution in [3.63, 3.8) is 0 Å². The first-order chi connectivity index (χ1) is 8.69. The van der Waals surface area contributed by atoms with Gasteiger partial charge in [0, 0.05) is 25.0 Å². The lowest BCUT2D eigenvalue weighted by atomic mass is 10.3. The van der Waals surface area contributed by atoms with E-state index in [-0.39, 0.29) is 18.4 Å². The molecule has 18 heavy (non-hydrogen) atoms. The number of pyridine rings is 1. The SMILES string of the molecule is CNc1ccnc(C(=O)NCC(=O)NC2CC2)c1. The minimum absolute atomic E-state index is 0.0131. The molecule has 1 heterocycles. The molecule has 1 aliphatic carbocycles. The molecule has 1 aromatic rings. The van der Waals surface area contributed by atoms with Crippen LogP contribution in [0.1, 0.15) is 23.3 Å². The monoisotopic (exact) mass is 248 g/mol. The molecule has 0 bridgehead atoms. The Balaban J connectivity index is 1.84. The van der Waals surface area contributed by atoms with Gasteiger partial charge >= 0.3 is 0 Å². The second-order valence-electron chi connectivity index (χ2n) is 4.20. The Labute approximate surface area is 105 Å². The first-order valence-corrected chi connectivity index (χ1v) is 5.90. The summed E-state index contributed by atoms with van der Waals surface area (Å²) in [7, 11) is 1.76. The molecule has 6 nitrogen and oxygen atoms in total.